The van der Waals surface area contributed by atoms with Crippen LogP contribution in [0, 0.1) is 5.92 Å². The number of hydrogen-bond acceptors (Lipinski definition) is 4. The molecule has 2 aromatic rings. The first kappa shape index (κ1) is 18.9. The third-order valence-corrected chi connectivity index (χ3v) is 5.31. The Labute approximate surface area is 159 Å². The highest BCUT2D eigenvalue weighted by Crippen LogP contribution is 2.25. The van der Waals surface area contributed by atoms with Crippen LogP contribution in [0.2, 0.25) is 5.02 Å². The van der Waals surface area contributed by atoms with E-state index in [1.807, 2.05) is 49.9 Å². The summed E-state index contributed by atoms with van der Waals surface area (Å²) in [6.07, 6.45) is 1.84. The molecule has 7 heteroatoms. The average molecular weight is 376 g/mol. The largest absolute Gasteiger partial charge is 0.336 e. The summed E-state index contributed by atoms with van der Waals surface area (Å²) in [5.74, 6) is 1.42. The molecule has 2 heterocycles. The number of likely N-dealkylation sites (tertiary alicyclic amines) is 1. The van der Waals surface area contributed by atoms with E-state index in [2.05, 4.69) is 10.1 Å². The Balaban J connectivity index is 1.86. The zero-order valence-electron chi connectivity index (χ0n) is 15.5. The van der Waals surface area contributed by atoms with Crippen LogP contribution < -0.4 is 5.73 Å². The first-order chi connectivity index (χ1) is 12.4. The maximum Gasteiger partial charge on any atom is 0.293 e. The summed E-state index contributed by atoms with van der Waals surface area (Å²) in [4.78, 5) is 19.3. The smallest absolute Gasteiger partial charge is 0.293 e. The zero-order valence-corrected chi connectivity index (χ0v) is 16.3. The van der Waals surface area contributed by atoms with Crippen molar-refractivity contribution in [2.75, 3.05) is 13.1 Å². The van der Waals surface area contributed by atoms with E-state index >= 15 is 0 Å². The van der Waals surface area contributed by atoms with Crippen molar-refractivity contribution >= 4 is 17.5 Å². The van der Waals surface area contributed by atoms with E-state index in [9.17, 15) is 4.79 Å². The molecule has 140 valence electrons. The molecule has 1 atom stereocenters. The van der Waals surface area contributed by atoms with Gasteiger partial charge >= 0.3 is 0 Å². The Hall–Kier alpha value is -1.92. The molecular weight excluding hydrogens is 350 g/mol. The lowest BCUT2D eigenvalue weighted by Crippen LogP contribution is -2.42. The Bertz CT molecular complexity index is 778. The number of amides is 1. The molecule has 1 unspecified atom stereocenters. The van der Waals surface area contributed by atoms with Crippen LogP contribution in [-0.4, -0.2) is 44.7 Å². The number of para-hydroxylation sites is 1. The van der Waals surface area contributed by atoms with Gasteiger partial charge in [-0.2, -0.15) is 0 Å². The van der Waals surface area contributed by atoms with Crippen LogP contribution in [0.5, 0.6) is 0 Å². The molecule has 6 nitrogen and oxygen atoms in total. The van der Waals surface area contributed by atoms with Gasteiger partial charge in [0.25, 0.3) is 5.91 Å². The lowest BCUT2D eigenvalue weighted by Gasteiger charge is -2.33. The number of nitrogens with zero attached hydrogens (tertiary/aromatic N) is 4. The van der Waals surface area contributed by atoms with E-state index < -0.39 is 0 Å². The number of carbonyl (C=O) groups is 1. The molecule has 1 aromatic carbocycles. The standard InChI is InChI=1S/C19H26ClN5O/c1-12(2)18-22-17(23-25(18)16-7-5-4-6-15(16)20)19(26)24-10-8-14(9-11-24)13(3)21/h4-7,12-14H,8-11,21H2,1-3H3. The predicted octanol–water partition coefficient (Wildman–Crippen LogP) is 3.24. The van der Waals surface area contributed by atoms with Crippen molar-refractivity contribution < 1.29 is 4.79 Å². The Morgan fingerprint density at radius 1 is 1.23 bits per heavy atom. The highest BCUT2D eigenvalue weighted by molar-refractivity contribution is 6.32. The summed E-state index contributed by atoms with van der Waals surface area (Å²) in [6, 6.07) is 7.62. The van der Waals surface area contributed by atoms with Gasteiger partial charge in [-0.05, 0) is 37.8 Å². The summed E-state index contributed by atoms with van der Waals surface area (Å²) in [7, 11) is 0. The molecular formula is C19H26ClN5O. The van der Waals surface area contributed by atoms with Crippen LogP contribution in [0.3, 0.4) is 0 Å². The van der Waals surface area contributed by atoms with Crippen LogP contribution in [0.25, 0.3) is 5.69 Å². The van der Waals surface area contributed by atoms with Gasteiger partial charge in [0.05, 0.1) is 10.7 Å². The lowest BCUT2D eigenvalue weighted by molar-refractivity contribution is 0.0668. The van der Waals surface area contributed by atoms with Gasteiger partial charge in [-0.3, -0.25) is 4.79 Å². The predicted molar refractivity (Wildman–Crippen MR) is 103 cm³/mol. The number of rotatable bonds is 4. The van der Waals surface area contributed by atoms with Crippen LogP contribution in [0.15, 0.2) is 24.3 Å². The Kier molecular flexibility index (Phi) is 5.63. The molecule has 0 radical (unpaired) electrons. The van der Waals surface area contributed by atoms with E-state index in [0.717, 1.165) is 24.4 Å². The number of aromatic nitrogens is 3. The Morgan fingerprint density at radius 2 is 1.88 bits per heavy atom. The summed E-state index contributed by atoms with van der Waals surface area (Å²) in [5.41, 5.74) is 6.73. The highest BCUT2D eigenvalue weighted by atomic mass is 35.5. The molecule has 0 aliphatic carbocycles. The molecule has 26 heavy (non-hydrogen) atoms. The maximum atomic E-state index is 12.9. The SMILES string of the molecule is CC(C)c1nc(C(=O)N2CCC(C(C)N)CC2)nn1-c1ccccc1Cl. The van der Waals surface area contributed by atoms with E-state index in [-0.39, 0.29) is 23.7 Å². The second-order valence-electron chi connectivity index (χ2n) is 7.30. The number of halogens is 1. The number of carbonyl (C=O) groups excluding carboxylic acids is 1. The third kappa shape index (κ3) is 3.76. The number of hydrogen-bond donors (Lipinski definition) is 1. The normalized spacial score (nSPS) is 16.9. The summed E-state index contributed by atoms with van der Waals surface area (Å²) in [5, 5.41) is 5.08. The van der Waals surface area contributed by atoms with Crippen molar-refractivity contribution in [2.45, 2.75) is 45.6 Å². The first-order valence-electron chi connectivity index (χ1n) is 9.15. The summed E-state index contributed by atoms with van der Waals surface area (Å²) in [6.45, 7) is 7.48. The van der Waals surface area contributed by atoms with Crippen LogP contribution in [0.4, 0.5) is 0 Å². The fourth-order valence-electron chi connectivity index (χ4n) is 3.36. The van der Waals surface area contributed by atoms with Crippen LogP contribution in [0.1, 0.15) is 56.0 Å². The Morgan fingerprint density at radius 3 is 2.46 bits per heavy atom. The van der Waals surface area contributed by atoms with Gasteiger partial charge in [0, 0.05) is 25.0 Å². The van der Waals surface area contributed by atoms with Crippen molar-refractivity contribution in [1.82, 2.24) is 19.7 Å². The van der Waals surface area contributed by atoms with E-state index in [1.165, 1.54) is 0 Å². The molecule has 1 aliphatic heterocycles. The van der Waals surface area contributed by atoms with Gasteiger partial charge in [0.2, 0.25) is 5.82 Å². The quantitative estimate of drug-likeness (QED) is 0.889. The fourth-order valence-corrected chi connectivity index (χ4v) is 3.57. The molecule has 1 aromatic heterocycles. The molecule has 1 amide bonds. The van der Waals surface area contributed by atoms with Gasteiger partial charge in [0.1, 0.15) is 5.82 Å². The van der Waals surface area contributed by atoms with E-state index in [4.69, 9.17) is 17.3 Å². The fraction of sp³-hybridized carbons (Fsp3) is 0.526. The first-order valence-corrected chi connectivity index (χ1v) is 9.53. The number of benzene rings is 1. The second kappa shape index (κ2) is 7.76. The topological polar surface area (TPSA) is 77.0 Å². The van der Waals surface area contributed by atoms with E-state index in [0.29, 0.717) is 24.0 Å². The van der Waals surface area contributed by atoms with Gasteiger partial charge in [-0.25, -0.2) is 9.67 Å². The van der Waals surface area contributed by atoms with Crippen molar-refractivity contribution in [3.8, 4) is 5.69 Å². The lowest BCUT2D eigenvalue weighted by atomic mass is 9.91. The monoisotopic (exact) mass is 375 g/mol. The second-order valence-corrected chi connectivity index (χ2v) is 7.71. The van der Waals surface area contributed by atoms with Gasteiger partial charge < -0.3 is 10.6 Å². The molecule has 0 saturated carbocycles. The minimum Gasteiger partial charge on any atom is -0.336 e. The van der Waals surface area contributed by atoms with Crippen LogP contribution >= 0.6 is 11.6 Å². The molecule has 2 N–H and O–H groups in total. The maximum absolute atomic E-state index is 12.9. The molecule has 0 spiro atoms. The minimum atomic E-state index is -0.124. The molecule has 1 aliphatic rings. The van der Waals surface area contributed by atoms with Crippen molar-refractivity contribution in [1.29, 1.82) is 0 Å². The molecule has 0 bridgehead atoms. The molecule has 1 saturated heterocycles. The van der Waals surface area contributed by atoms with Crippen LogP contribution in [-0.2, 0) is 0 Å². The molecule has 3 rings (SSSR count). The van der Waals surface area contributed by atoms with Crippen molar-refractivity contribution in [2.24, 2.45) is 11.7 Å². The van der Waals surface area contributed by atoms with Gasteiger partial charge in [-0.1, -0.05) is 37.6 Å². The summed E-state index contributed by atoms with van der Waals surface area (Å²) < 4.78 is 1.69. The number of piperidine rings is 1. The van der Waals surface area contributed by atoms with Gasteiger partial charge in [0.15, 0.2) is 0 Å². The van der Waals surface area contributed by atoms with Gasteiger partial charge in [-0.15, -0.1) is 5.10 Å². The van der Waals surface area contributed by atoms with E-state index in [1.54, 1.807) is 4.68 Å². The average Bonchev–Trinajstić information content (AvgIpc) is 3.07. The van der Waals surface area contributed by atoms with Crippen molar-refractivity contribution in [3.63, 3.8) is 0 Å². The third-order valence-electron chi connectivity index (χ3n) is 4.99. The zero-order chi connectivity index (χ0) is 18.8. The molecule has 1 fully saturated rings. The summed E-state index contributed by atoms with van der Waals surface area (Å²) >= 11 is 6.32. The minimum absolute atomic E-state index is 0.115. The highest BCUT2D eigenvalue weighted by Gasteiger charge is 2.29. The van der Waals surface area contributed by atoms with Crippen molar-refractivity contribution in [3.05, 3.63) is 40.9 Å². The number of nitrogens with two attached hydrogens (primary N) is 1.